The Hall–Kier alpha value is -3.46. The van der Waals surface area contributed by atoms with Crippen LogP contribution in [0.15, 0.2) is 47.7 Å². The lowest BCUT2D eigenvalue weighted by Crippen LogP contribution is -2.34. The first-order valence-electron chi connectivity index (χ1n) is 9.54. The van der Waals surface area contributed by atoms with Gasteiger partial charge in [-0.2, -0.15) is 0 Å². The highest BCUT2D eigenvalue weighted by atomic mass is 19.1. The number of amides is 1. The van der Waals surface area contributed by atoms with Crippen molar-refractivity contribution in [2.24, 2.45) is 12.8 Å². The van der Waals surface area contributed by atoms with Crippen molar-refractivity contribution in [2.75, 3.05) is 5.43 Å². The number of carbonyl (C=O) groups excluding carboxylic acids is 1. The Morgan fingerprint density at radius 3 is 2.70 bits per heavy atom. The fourth-order valence-electron chi connectivity index (χ4n) is 3.11. The first-order valence-corrected chi connectivity index (χ1v) is 9.54. The van der Waals surface area contributed by atoms with Crippen molar-refractivity contribution in [1.82, 2.24) is 19.5 Å². The second-order valence-electron chi connectivity index (χ2n) is 7.01. The minimum atomic E-state index is -0.392. The second kappa shape index (κ2) is 9.36. The van der Waals surface area contributed by atoms with Gasteiger partial charge in [-0.3, -0.25) is 9.59 Å². The van der Waals surface area contributed by atoms with E-state index in [9.17, 15) is 14.0 Å². The van der Waals surface area contributed by atoms with E-state index in [0.29, 0.717) is 17.7 Å². The molecule has 1 aromatic carbocycles. The zero-order chi connectivity index (χ0) is 21.7. The van der Waals surface area contributed by atoms with Gasteiger partial charge in [0.15, 0.2) is 0 Å². The summed E-state index contributed by atoms with van der Waals surface area (Å²) in [5, 5.41) is 2.74. The monoisotopic (exact) mass is 412 g/mol. The van der Waals surface area contributed by atoms with Crippen LogP contribution in [0.25, 0.3) is 0 Å². The maximum Gasteiger partial charge on any atom is 0.272 e. The number of carbonyl (C=O) groups is 1. The smallest absolute Gasteiger partial charge is 0.272 e. The number of hydrogen-bond acceptors (Lipinski definition) is 5. The Kier molecular flexibility index (Phi) is 6.63. The summed E-state index contributed by atoms with van der Waals surface area (Å²) >= 11 is 0. The van der Waals surface area contributed by atoms with E-state index in [2.05, 4.69) is 15.7 Å². The van der Waals surface area contributed by atoms with Crippen molar-refractivity contribution in [1.29, 1.82) is 0 Å². The Balaban J connectivity index is 1.68. The predicted octanol–water partition coefficient (Wildman–Crippen LogP) is 1.09. The van der Waals surface area contributed by atoms with E-state index >= 15 is 0 Å². The third kappa shape index (κ3) is 4.93. The van der Waals surface area contributed by atoms with E-state index in [1.807, 2.05) is 17.8 Å². The number of halogens is 1. The van der Waals surface area contributed by atoms with Crippen molar-refractivity contribution in [3.8, 4) is 0 Å². The molecule has 0 fully saturated rings. The van der Waals surface area contributed by atoms with Crippen LogP contribution >= 0.6 is 0 Å². The highest BCUT2D eigenvalue weighted by Crippen LogP contribution is 2.11. The van der Waals surface area contributed by atoms with Crippen molar-refractivity contribution in [3.05, 3.63) is 87.1 Å². The van der Waals surface area contributed by atoms with Gasteiger partial charge >= 0.3 is 0 Å². The van der Waals surface area contributed by atoms with Gasteiger partial charge in [0.25, 0.3) is 5.56 Å². The molecule has 9 heteroatoms. The molecule has 2 aromatic heterocycles. The lowest BCUT2D eigenvalue weighted by molar-refractivity contribution is -0.120. The molecule has 0 saturated heterocycles. The van der Waals surface area contributed by atoms with Crippen LogP contribution in [0, 0.1) is 12.7 Å². The average molecular weight is 412 g/mol. The van der Waals surface area contributed by atoms with E-state index in [1.165, 1.54) is 16.8 Å². The number of nitrogens with two attached hydrogens (primary N) is 1. The molecule has 158 valence electrons. The number of rotatable bonds is 8. The molecule has 2 heterocycles. The number of imidazole rings is 1. The van der Waals surface area contributed by atoms with Crippen molar-refractivity contribution in [2.45, 2.75) is 33.0 Å². The SMILES string of the molecule is Cc1ccn(NCc2nccn2C)c(=O)c1CC(=O)NCc1cc(F)ccc1CN. The van der Waals surface area contributed by atoms with Gasteiger partial charge in [-0.15, -0.1) is 0 Å². The van der Waals surface area contributed by atoms with Gasteiger partial charge in [0.1, 0.15) is 11.6 Å². The summed E-state index contributed by atoms with van der Waals surface area (Å²) in [6.45, 7) is 2.53. The zero-order valence-corrected chi connectivity index (χ0v) is 17.0. The van der Waals surface area contributed by atoms with Crippen LogP contribution in [-0.2, 0) is 37.9 Å². The van der Waals surface area contributed by atoms with Crippen molar-refractivity contribution >= 4 is 5.91 Å². The van der Waals surface area contributed by atoms with E-state index in [4.69, 9.17) is 5.73 Å². The molecule has 4 N–H and O–H groups in total. The highest BCUT2D eigenvalue weighted by molar-refractivity contribution is 5.78. The Labute approximate surface area is 173 Å². The van der Waals surface area contributed by atoms with Gasteiger partial charge < -0.3 is 21.0 Å². The second-order valence-corrected chi connectivity index (χ2v) is 7.01. The summed E-state index contributed by atoms with van der Waals surface area (Å²) in [4.78, 5) is 29.5. The Morgan fingerprint density at radius 2 is 2.00 bits per heavy atom. The number of nitrogens with one attached hydrogen (secondary N) is 2. The minimum Gasteiger partial charge on any atom is -0.352 e. The topological polar surface area (TPSA) is 107 Å². The van der Waals surface area contributed by atoms with Crippen LogP contribution in [-0.4, -0.2) is 20.1 Å². The van der Waals surface area contributed by atoms with Crippen LogP contribution in [0.5, 0.6) is 0 Å². The fourth-order valence-corrected chi connectivity index (χ4v) is 3.11. The lowest BCUT2D eigenvalue weighted by atomic mass is 10.1. The molecular weight excluding hydrogens is 387 g/mol. The van der Waals surface area contributed by atoms with Crippen LogP contribution in [0.1, 0.15) is 28.1 Å². The maximum atomic E-state index is 13.5. The molecule has 0 spiro atoms. The third-order valence-corrected chi connectivity index (χ3v) is 4.96. The summed E-state index contributed by atoms with van der Waals surface area (Å²) in [7, 11) is 1.87. The molecule has 0 aliphatic rings. The van der Waals surface area contributed by atoms with Crippen LogP contribution < -0.4 is 22.0 Å². The van der Waals surface area contributed by atoms with Gasteiger partial charge in [0.2, 0.25) is 5.91 Å². The number of aromatic nitrogens is 3. The molecule has 0 atom stereocenters. The standard InChI is InChI=1S/C21H25FN6O2/c1-14-5-7-28(26-13-19-24-6-8-27(19)2)21(30)18(14)10-20(29)25-12-16-9-17(22)4-3-15(16)11-23/h3-9,26H,10-13,23H2,1-2H3,(H,25,29). The maximum absolute atomic E-state index is 13.5. The molecule has 0 bridgehead atoms. The molecule has 3 aromatic rings. The van der Waals surface area contributed by atoms with E-state index in [0.717, 1.165) is 17.0 Å². The van der Waals surface area contributed by atoms with Gasteiger partial charge in [-0.1, -0.05) is 6.07 Å². The number of pyridine rings is 1. The molecule has 8 nitrogen and oxygen atoms in total. The molecule has 0 aliphatic heterocycles. The summed E-state index contributed by atoms with van der Waals surface area (Å²) in [6, 6.07) is 6.06. The zero-order valence-electron chi connectivity index (χ0n) is 17.0. The number of hydrogen-bond donors (Lipinski definition) is 3. The lowest BCUT2D eigenvalue weighted by Gasteiger charge is -2.13. The first kappa shape index (κ1) is 21.3. The fraction of sp³-hybridized carbons (Fsp3) is 0.286. The first-order chi connectivity index (χ1) is 14.4. The van der Waals surface area contributed by atoms with Gasteiger partial charge in [0.05, 0.1) is 13.0 Å². The number of benzene rings is 1. The quantitative estimate of drug-likeness (QED) is 0.514. The molecule has 0 saturated carbocycles. The third-order valence-electron chi connectivity index (χ3n) is 4.96. The molecule has 0 unspecified atom stereocenters. The van der Waals surface area contributed by atoms with Crippen molar-refractivity contribution in [3.63, 3.8) is 0 Å². The van der Waals surface area contributed by atoms with Crippen LogP contribution in [0.2, 0.25) is 0 Å². The van der Waals surface area contributed by atoms with Crippen LogP contribution in [0.3, 0.4) is 0 Å². The predicted molar refractivity (Wildman–Crippen MR) is 112 cm³/mol. The summed E-state index contributed by atoms with van der Waals surface area (Å²) < 4.78 is 16.7. The largest absolute Gasteiger partial charge is 0.352 e. The van der Waals surface area contributed by atoms with E-state index < -0.39 is 5.82 Å². The summed E-state index contributed by atoms with van der Waals surface area (Å²) in [6.07, 6.45) is 5.05. The Bertz CT molecular complexity index is 1110. The number of nitrogens with zero attached hydrogens (tertiary/aromatic N) is 3. The molecule has 3 rings (SSSR count). The van der Waals surface area contributed by atoms with E-state index in [1.54, 1.807) is 31.5 Å². The highest BCUT2D eigenvalue weighted by Gasteiger charge is 2.13. The Morgan fingerprint density at radius 1 is 1.20 bits per heavy atom. The molecule has 1 amide bonds. The van der Waals surface area contributed by atoms with Gasteiger partial charge in [-0.05, 0) is 41.8 Å². The number of aryl methyl sites for hydroxylation is 2. The average Bonchev–Trinajstić information content (AvgIpc) is 3.14. The van der Waals surface area contributed by atoms with Crippen LogP contribution in [0.4, 0.5) is 4.39 Å². The van der Waals surface area contributed by atoms with Gasteiger partial charge in [0, 0.05) is 44.3 Å². The normalized spacial score (nSPS) is 10.8. The molecular formula is C21H25FN6O2. The summed E-state index contributed by atoms with van der Waals surface area (Å²) in [5.41, 5.74) is 10.9. The summed E-state index contributed by atoms with van der Waals surface area (Å²) in [5.74, 6) is 0.0499. The molecule has 0 aliphatic carbocycles. The minimum absolute atomic E-state index is 0.0805. The molecule has 0 radical (unpaired) electrons. The van der Waals surface area contributed by atoms with E-state index in [-0.39, 0.29) is 31.0 Å². The van der Waals surface area contributed by atoms with Gasteiger partial charge in [-0.25, -0.2) is 14.1 Å². The van der Waals surface area contributed by atoms with Crippen molar-refractivity contribution < 1.29 is 9.18 Å². The molecule has 30 heavy (non-hydrogen) atoms.